The maximum absolute atomic E-state index is 10.7. The first-order valence-corrected chi connectivity index (χ1v) is 7.34. The van der Waals surface area contributed by atoms with E-state index in [9.17, 15) is 10.1 Å². The normalized spacial score (nSPS) is 10.7. The predicted molar refractivity (Wildman–Crippen MR) is 81.5 cm³/mol. The van der Waals surface area contributed by atoms with Crippen LogP contribution in [-0.4, -0.2) is 20.5 Å². The second-order valence-electron chi connectivity index (χ2n) is 4.27. The maximum atomic E-state index is 10.7. The van der Waals surface area contributed by atoms with Crippen LogP contribution in [0.15, 0.2) is 24.3 Å². The van der Waals surface area contributed by atoms with Crippen molar-refractivity contribution in [2.75, 3.05) is 11.5 Å². The number of nitro groups is 1. The van der Waals surface area contributed by atoms with Crippen LogP contribution in [0.1, 0.15) is 12.6 Å². The largest absolute Gasteiger partial charge is 0.383 e. The minimum Gasteiger partial charge on any atom is -0.383 e. The molecule has 0 amide bonds. The first-order chi connectivity index (χ1) is 9.54. The Morgan fingerprint density at radius 3 is 2.60 bits per heavy atom. The van der Waals surface area contributed by atoms with Crippen LogP contribution in [0.3, 0.4) is 0 Å². The van der Waals surface area contributed by atoms with E-state index in [0.29, 0.717) is 5.82 Å². The Labute approximate surface area is 121 Å². The Hall–Kier alpha value is -2.02. The molecule has 0 bridgehead atoms. The first kappa shape index (κ1) is 14.4. The number of nitro benzene ring substituents is 1. The topological polar surface area (TPSA) is 87.0 Å². The molecule has 2 aromatic rings. The molecule has 0 aliphatic carbocycles. The molecular formula is C13H16N4O2S. The summed E-state index contributed by atoms with van der Waals surface area (Å²) in [6.45, 7) is 2.09. The highest BCUT2D eigenvalue weighted by atomic mass is 32.2. The summed E-state index contributed by atoms with van der Waals surface area (Å²) in [6, 6.07) is 6.40. The van der Waals surface area contributed by atoms with Gasteiger partial charge in [-0.05, 0) is 23.4 Å². The number of hydrogen-bond acceptors (Lipinski definition) is 5. The van der Waals surface area contributed by atoms with Gasteiger partial charge >= 0.3 is 0 Å². The van der Waals surface area contributed by atoms with Crippen LogP contribution in [0.5, 0.6) is 0 Å². The number of anilines is 1. The van der Waals surface area contributed by atoms with Crippen molar-refractivity contribution >= 4 is 23.3 Å². The summed E-state index contributed by atoms with van der Waals surface area (Å²) < 4.78 is 1.64. The van der Waals surface area contributed by atoms with Gasteiger partial charge in [0.2, 0.25) is 0 Å². The average Bonchev–Trinajstić information content (AvgIpc) is 2.72. The number of nitrogens with zero attached hydrogens (tertiary/aromatic N) is 3. The molecule has 0 aliphatic rings. The molecule has 1 heterocycles. The van der Waals surface area contributed by atoms with Crippen LogP contribution in [0.2, 0.25) is 0 Å². The first-order valence-electron chi connectivity index (χ1n) is 6.18. The molecule has 0 fully saturated rings. The number of hydrogen-bond donors (Lipinski definition) is 1. The summed E-state index contributed by atoms with van der Waals surface area (Å²) in [4.78, 5) is 10.3. The summed E-state index contributed by atoms with van der Waals surface area (Å²) in [6.07, 6.45) is 0. The predicted octanol–water partition coefficient (Wildman–Crippen LogP) is 2.83. The smallest absolute Gasteiger partial charge is 0.269 e. The quantitative estimate of drug-likeness (QED) is 0.676. The van der Waals surface area contributed by atoms with E-state index in [1.165, 1.54) is 12.1 Å². The van der Waals surface area contributed by atoms with Crippen molar-refractivity contribution in [1.82, 2.24) is 9.78 Å². The molecule has 6 nitrogen and oxygen atoms in total. The fraction of sp³-hybridized carbons (Fsp3) is 0.308. The molecule has 0 radical (unpaired) electrons. The van der Waals surface area contributed by atoms with Crippen molar-refractivity contribution in [1.29, 1.82) is 0 Å². The van der Waals surface area contributed by atoms with Gasteiger partial charge in [-0.2, -0.15) is 16.9 Å². The molecule has 0 saturated heterocycles. The number of aryl methyl sites for hydroxylation is 1. The Balaban J connectivity index is 2.42. The number of aromatic nitrogens is 2. The van der Waals surface area contributed by atoms with Gasteiger partial charge in [-0.3, -0.25) is 14.8 Å². The van der Waals surface area contributed by atoms with E-state index in [4.69, 9.17) is 5.73 Å². The number of nitrogens with two attached hydrogens (primary N) is 1. The Morgan fingerprint density at radius 1 is 1.40 bits per heavy atom. The van der Waals surface area contributed by atoms with Gasteiger partial charge in [0.25, 0.3) is 5.69 Å². The van der Waals surface area contributed by atoms with E-state index in [1.54, 1.807) is 35.6 Å². The molecule has 0 saturated carbocycles. The fourth-order valence-electron chi connectivity index (χ4n) is 1.96. The van der Waals surface area contributed by atoms with Crippen LogP contribution in [0.4, 0.5) is 11.5 Å². The lowest BCUT2D eigenvalue weighted by Gasteiger charge is -2.03. The molecule has 106 valence electrons. The van der Waals surface area contributed by atoms with Gasteiger partial charge in [-0.15, -0.1) is 0 Å². The van der Waals surface area contributed by atoms with Gasteiger partial charge in [0.15, 0.2) is 0 Å². The summed E-state index contributed by atoms with van der Waals surface area (Å²) in [7, 11) is 1.80. The lowest BCUT2D eigenvalue weighted by atomic mass is 10.1. The highest BCUT2D eigenvalue weighted by molar-refractivity contribution is 7.98. The van der Waals surface area contributed by atoms with Gasteiger partial charge in [0.05, 0.1) is 10.6 Å². The minimum absolute atomic E-state index is 0.0701. The van der Waals surface area contributed by atoms with Crippen LogP contribution < -0.4 is 5.73 Å². The van der Waals surface area contributed by atoms with E-state index in [0.717, 1.165) is 28.3 Å². The van der Waals surface area contributed by atoms with Crippen LogP contribution in [0.25, 0.3) is 11.1 Å². The molecule has 1 aromatic carbocycles. The SMILES string of the molecule is CCSCc1nn(C)c(N)c1-c1ccc([N+](=O)[O-])cc1. The maximum Gasteiger partial charge on any atom is 0.269 e. The molecule has 0 spiro atoms. The number of rotatable bonds is 5. The fourth-order valence-corrected chi connectivity index (χ4v) is 2.56. The summed E-state index contributed by atoms with van der Waals surface area (Å²) in [5.74, 6) is 2.34. The van der Waals surface area contributed by atoms with Gasteiger partial charge in [0, 0.05) is 30.5 Å². The Bertz CT molecular complexity index is 622. The molecule has 7 heteroatoms. The number of thioether (sulfide) groups is 1. The lowest BCUT2D eigenvalue weighted by molar-refractivity contribution is -0.384. The standard InChI is InChI=1S/C13H16N4O2S/c1-3-20-8-11-12(13(14)16(2)15-11)9-4-6-10(7-5-9)17(18)19/h4-7H,3,8,14H2,1-2H3. The van der Waals surface area contributed by atoms with Gasteiger partial charge in [0.1, 0.15) is 5.82 Å². The zero-order valence-electron chi connectivity index (χ0n) is 11.4. The third-order valence-corrected chi connectivity index (χ3v) is 3.86. The third-order valence-electron chi connectivity index (χ3n) is 2.97. The Morgan fingerprint density at radius 2 is 2.05 bits per heavy atom. The third kappa shape index (κ3) is 2.77. The van der Waals surface area contributed by atoms with Crippen LogP contribution in [-0.2, 0) is 12.8 Å². The molecule has 1 aromatic heterocycles. The van der Waals surface area contributed by atoms with E-state index >= 15 is 0 Å². The number of benzene rings is 1. The second-order valence-corrected chi connectivity index (χ2v) is 5.55. The zero-order chi connectivity index (χ0) is 14.7. The van der Waals surface area contributed by atoms with Gasteiger partial charge in [-0.1, -0.05) is 6.92 Å². The van der Waals surface area contributed by atoms with E-state index in [-0.39, 0.29) is 5.69 Å². The molecule has 20 heavy (non-hydrogen) atoms. The highest BCUT2D eigenvalue weighted by Crippen LogP contribution is 2.32. The van der Waals surface area contributed by atoms with E-state index < -0.39 is 4.92 Å². The molecule has 0 aliphatic heterocycles. The van der Waals surface area contributed by atoms with Gasteiger partial charge in [-0.25, -0.2) is 0 Å². The molecule has 0 atom stereocenters. The highest BCUT2D eigenvalue weighted by Gasteiger charge is 2.16. The number of non-ortho nitro benzene ring substituents is 1. The molecule has 0 unspecified atom stereocenters. The summed E-state index contributed by atoms with van der Waals surface area (Å²) >= 11 is 1.76. The zero-order valence-corrected chi connectivity index (χ0v) is 12.2. The van der Waals surface area contributed by atoms with Crippen molar-refractivity contribution in [2.24, 2.45) is 7.05 Å². The average molecular weight is 292 g/mol. The molecule has 2 N–H and O–H groups in total. The van der Waals surface area contributed by atoms with Crippen molar-refractivity contribution in [3.63, 3.8) is 0 Å². The van der Waals surface area contributed by atoms with Crippen molar-refractivity contribution in [2.45, 2.75) is 12.7 Å². The van der Waals surface area contributed by atoms with Crippen molar-refractivity contribution < 1.29 is 4.92 Å². The minimum atomic E-state index is -0.412. The van der Waals surface area contributed by atoms with Crippen molar-refractivity contribution in [3.8, 4) is 11.1 Å². The molecular weight excluding hydrogens is 276 g/mol. The van der Waals surface area contributed by atoms with E-state index in [2.05, 4.69) is 12.0 Å². The van der Waals surface area contributed by atoms with Crippen LogP contribution >= 0.6 is 11.8 Å². The second kappa shape index (κ2) is 5.96. The lowest BCUT2D eigenvalue weighted by Crippen LogP contribution is -1.98. The van der Waals surface area contributed by atoms with Crippen molar-refractivity contribution in [3.05, 3.63) is 40.1 Å². The molecule has 2 rings (SSSR count). The van der Waals surface area contributed by atoms with Crippen LogP contribution in [0, 0.1) is 10.1 Å². The van der Waals surface area contributed by atoms with E-state index in [1.807, 2.05) is 0 Å². The number of nitrogen functional groups attached to an aromatic ring is 1. The summed E-state index contributed by atoms with van der Waals surface area (Å²) in [5, 5.41) is 15.1. The van der Waals surface area contributed by atoms with Gasteiger partial charge < -0.3 is 5.73 Å². The summed E-state index contributed by atoms with van der Waals surface area (Å²) in [5.41, 5.74) is 8.76. The monoisotopic (exact) mass is 292 g/mol. The Kier molecular flexibility index (Phi) is 4.29.